The molecule has 6 rings (SSSR count). The van der Waals surface area contributed by atoms with Gasteiger partial charge in [-0.2, -0.15) is 0 Å². The molecule has 1 atom stereocenters. The van der Waals surface area contributed by atoms with Gasteiger partial charge in [-0.1, -0.05) is 12.1 Å². The van der Waals surface area contributed by atoms with Crippen molar-refractivity contribution in [1.82, 2.24) is 10.2 Å². The third-order valence-corrected chi connectivity index (χ3v) is 8.24. The van der Waals surface area contributed by atoms with Gasteiger partial charge in [-0.3, -0.25) is 19.7 Å². The Morgan fingerprint density at radius 1 is 1.09 bits per heavy atom. The normalized spacial score (nSPS) is 17.5. The molecular weight excluding hydrogens is 548 g/mol. The molecule has 0 aromatic heterocycles. The number of methoxy groups -OCH3 is 1. The Kier molecular flexibility index (Phi) is 7.23. The van der Waals surface area contributed by atoms with E-state index in [0.717, 1.165) is 61.2 Å². The first kappa shape index (κ1) is 28.5. The Labute approximate surface area is 250 Å². The Balaban J connectivity index is 1.61. The van der Waals surface area contributed by atoms with E-state index < -0.39 is 22.4 Å². The average Bonchev–Trinajstić information content (AvgIpc) is 2.97. The van der Waals surface area contributed by atoms with Crippen molar-refractivity contribution >= 4 is 23.2 Å². The van der Waals surface area contributed by atoms with Gasteiger partial charge in [0.05, 0.1) is 17.6 Å². The lowest BCUT2D eigenvalue weighted by Gasteiger charge is -2.41. The topological polar surface area (TPSA) is 114 Å². The number of fused-ring (bicyclic) bond motifs is 3. The van der Waals surface area contributed by atoms with Crippen molar-refractivity contribution in [1.29, 1.82) is 0 Å². The summed E-state index contributed by atoms with van der Waals surface area (Å²) in [5.41, 5.74) is 3.98. The molecule has 0 fully saturated rings. The molecule has 1 N–H and O–H groups in total. The molecule has 3 aliphatic rings. The number of ether oxygens (including phenoxy) is 2. The van der Waals surface area contributed by atoms with Gasteiger partial charge < -0.3 is 24.6 Å². The van der Waals surface area contributed by atoms with Crippen LogP contribution in [0.3, 0.4) is 0 Å². The van der Waals surface area contributed by atoms with E-state index in [9.17, 15) is 19.7 Å². The maximum Gasteiger partial charge on any atom is 0.270 e. The third kappa shape index (κ3) is 5.37. The molecule has 3 aliphatic heterocycles. The summed E-state index contributed by atoms with van der Waals surface area (Å²) in [6.45, 7) is 7.69. The van der Waals surface area contributed by atoms with Gasteiger partial charge in [-0.05, 0) is 81.8 Å². The molecule has 10 nitrogen and oxygen atoms in total. The molecule has 43 heavy (non-hydrogen) atoms. The van der Waals surface area contributed by atoms with Gasteiger partial charge in [-0.25, -0.2) is 0 Å². The van der Waals surface area contributed by atoms with Gasteiger partial charge in [0.15, 0.2) is 0 Å². The fraction of sp³-hybridized carbons (Fsp3) is 0.394. The number of nitrogens with one attached hydrogen (secondary N) is 1. The predicted molar refractivity (Wildman–Crippen MR) is 162 cm³/mol. The Morgan fingerprint density at radius 3 is 2.49 bits per heavy atom. The number of nitro benzene ring substituents is 1. The lowest BCUT2D eigenvalue weighted by molar-refractivity contribution is -0.384. The van der Waals surface area contributed by atoms with Crippen LogP contribution in [-0.2, 0) is 24.2 Å². The number of amides is 2. The minimum Gasteiger partial charge on any atom is -0.497 e. The molecule has 0 bridgehead atoms. The van der Waals surface area contributed by atoms with E-state index in [-0.39, 0.29) is 29.5 Å². The molecule has 224 valence electrons. The standard InChI is InChI=1S/C33H36N4O6/c1-33(2,3)34-31(38)29-26-17-21-7-5-15-35-16-6-8-24(28(21)35)30(26)43-27-14-11-22(37(40)41)18-25(27)32(39)36(29)19-20-9-12-23(42-4)13-10-20/h9-14,17-18,29H,5-8,15-16,19H2,1-4H3,(H,34,38). The minimum absolute atomic E-state index is 0.0412. The lowest BCUT2D eigenvalue weighted by Crippen LogP contribution is -2.49. The number of rotatable bonds is 5. The lowest BCUT2D eigenvalue weighted by atomic mass is 9.86. The molecule has 3 aromatic carbocycles. The largest absolute Gasteiger partial charge is 0.497 e. The van der Waals surface area contributed by atoms with Crippen molar-refractivity contribution in [3.8, 4) is 17.2 Å². The highest BCUT2D eigenvalue weighted by atomic mass is 16.6. The fourth-order valence-electron chi connectivity index (χ4n) is 6.43. The van der Waals surface area contributed by atoms with Crippen molar-refractivity contribution < 1.29 is 24.0 Å². The number of benzene rings is 3. The highest BCUT2D eigenvalue weighted by Crippen LogP contribution is 2.49. The zero-order valence-electron chi connectivity index (χ0n) is 24.9. The molecule has 10 heteroatoms. The highest BCUT2D eigenvalue weighted by Gasteiger charge is 2.41. The fourth-order valence-corrected chi connectivity index (χ4v) is 6.43. The molecule has 3 heterocycles. The summed E-state index contributed by atoms with van der Waals surface area (Å²) < 4.78 is 11.9. The smallest absolute Gasteiger partial charge is 0.270 e. The second-order valence-corrected chi connectivity index (χ2v) is 12.4. The number of hydrogen-bond acceptors (Lipinski definition) is 7. The summed E-state index contributed by atoms with van der Waals surface area (Å²) in [6.07, 6.45) is 3.58. The second-order valence-electron chi connectivity index (χ2n) is 12.4. The van der Waals surface area contributed by atoms with Crippen LogP contribution in [0.2, 0.25) is 0 Å². The van der Waals surface area contributed by atoms with Gasteiger partial charge in [0.25, 0.3) is 11.6 Å². The molecule has 0 saturated carbocycles. The van der Waals surface area contributed by atoms with E-state index in [0.29, 0.717) is 17.1 Å². The minimum atomic E-state index is -1.05. The van der Waals surface area contributed by atoms with Crippen LogP contribution in [0.25, 0.3) is 0 Å². The van der Waals surface area contributed by atoms with E-state index in [1.54, 1.807) is 19.2 Å². The first-order valence-electron chi connectivity index (χ1n) is 14.7. The highest BCUT2D eigenvalue weighted by molar-refractivity contribution is 6.01. The van der Waals surface area contributed by atoms with Crippen LogP contribution in [0.15, 0.2) is 48.5 Å². The summed E-state index contributed by atoms with van der Waals surface area (Å²) in [5.74, 6) is 0.586. The number of carbonyl (C=O) groups is 2. The van der Waals surface area contributed by atoms with Crippen LogP contribution in [0.1, 0.15) is 72.3 Å². The second kappa shape index (κ2) is 10.9. The Bertz CT molecular complexity index is 1610. The summed E-state index contributed by atoms with van der Waals surface area (Å²) in [4.78, 5) is 44.0. The van der Waals surface area contributed by atoms with Gasteiger partial charge in [-0.15, -0.1) is 0 Å². The third-order valence-electron chi connectivity index (χ3n) is 8.24. The van der Waals surface area contributed by atoms with Gasteiger partial charge in [0.2, 0.25) is 5.91 Å². The maximum atomic E-state index is 14.5. The molecule has 3 aromatic rings. The molecule has 0 saturated heterocycles. The number of non-ortho nitro benzene ring substituents is 1. The van der Waals surface area contributed by atoms with Crippen LogP contribution in [0.5, 0.6) is 17.2 Å². The number of aryl methyl sites for hydroxylation is 1. The van der Waals surface area contributed by atoms with Crippen LogP contribution < -0.4 is 19.7 Å². The van der Waals surface area contributed by atoms with E-state index >= 15 is 0 Å². The molecule has 0 aliphatic carbocycles. The van der Waals surface area contributed by atoms with Crippen molar-refractivity contribution in [3.63, 3.8) is 0 Å². The zero-order chi connectivity index (χ0) is 30.5. The van der Waals surface area contributed by atoms with E-state index in [2.05, 4.69) is 10.2 Å². The number of anilines is 1. The molecule has 0 spiro atoms. The van der Waals surface area contributed by atoms with E-state index in [4.69, 9.17) is 9.47 Å². The number of carbonyl (C=O) groups excluding carboxylic acids is 2. The number of nitro groups is 1. The van der Waals surface area contributed by atoms with Crippen molar-refractivity contribution in [3.05, 3.63) is 86.5 Å². The van der Waals surface area contributed by atoms with Crippen LogP contribution in [0.4, 0.5) is 11.4 Å². The van der Waals surface area contributed by atoms with Crippen LogP contribution >= 0.6 is 0 Å². The molecule has 1 unspecified atom stereocenters. The first-order chi connectivity index (χ1) is 20.5. The van der Waals surface area contributed by atoms with Gasteiger partial charge in [0, 0.05) is 54.1 Å². The zero-order valence-corrected chi connectivity index (χ0v) is 24.9. The molecular formula is C33H36N4O6. The van der Waals surface area contributed by atoms with E-state index in [1.165, 1.54) is 23.1 Å². The Morgan fingerprint density at radius 2 is 1.81 bits per heavy atom. The summed E-state index contributed by atoms with van der Waals surface area (Å²) in [5, 5.41) is 14.9. The van der Waals surface area contributed by atoms with Crippen molar-refractivity contribution in [2.75, 3.05) is 25.1 Å². The van der Waals surface area contributed by atoms with Gasteiger partial charge >= 0.3 is 0 Å². The van der Waals surface area contributed by atoms with Crippen LogP contribution in [-0.4, -0.2) is 47.4 Å². The number of hydrogen-bond donors (Lipinski definition) is 1. The maximum absolute atomic E-state index is 14.5. The van der Waals surface area contributed by atoms with Crippen molar-refractivity contribution in [2.24, 2.45) is 0 Å². The van der Waals surface area contributed by atoms with Crippen LogP contribution in [0, 0.1) is 10.1 Å². The predicted octanol–water partition coefficient (Wildman–Crippen LogP) is 5.71. The first-order valence-corrected chi connectivity index (χ1v) is 14.7. The number of nitrogens with zero attached hydrogens (tertiary/aromatic N) is 3. The van der Waals surface area contributed by atoms with Crippen molar-refractivity contribution in [2.45, 2.75) is 64.6 Å². The SMILES string of the molecule is COc1ccc(CN2C(=O)c3cc([N+](=O)[O-])ccc3Oc3c(cc4c5c3CCCN5CCC4)C2C(=O)NC(C)(C)C)cc1. The molecule has 0 radical (unpaired) electrons. The monoisotopic (exact) mass is 584 g/mol. The average molecular weight is 585 g/mol. The summed E-state index contributed by atoms with van der Waals surface area (Å²) in [6, 6.07) is 12.4. The summed E-state index contributed by atoms with van der Waals surface area (Å²) >= 11 is 0. The summed E-state index contributed by atoms with van der Waals surface area (Å²) in [7, 11) is 1.58. The quantitative estimate of drug-likeness (QED) is 0.302. The van der Waals surface area contributed by atoms with Gasteiger partial charge in [0.1, 0.15) is 23.3 Å². The molecule has 2 amide bonds. The van der Waals surface area contributed by atoms with E-state index in [1.807, 2.05) is 39.0 Å². The Hall–Kier alpha value is -4.60.